The smallest absolute Gasteiger partial charge is 0.371 e. The summed E-state index contributed by atoms with van der Waals surface area (Å²) >= 11 is 0. The van der Waals surface area contributed by atoms with E-state index in [-0.39, 0.29) is 5.22 Å². The fourth-order valence-corrected chi connectivity index (χ4v) is 7.57. The van der Waals surface area contributed by atoms with Crippen LogP contribution in [0.1, 0.15) is 53.4 Å². The Kier molecular flexibility index (Phi) is 6.13. The van der Waals surface area contributed by atoms with Gasteiger partial charge in [-0.25, -0.2) is 0 Å². The summed E-state index contributed by atoms with van der Waals surface area (Å²) in [5, 5.41) is -0.119. The van der Waals surface area contributed by atoms with Crippen LogP contribution in [0.2, 0.25) is 6.04 Å². The van der Waals surface area contributed by atoms with Gasteiger partial charge in [-0.05, 0) is 39.7 Å². The van der Waals surface area contributed by atoms with Crippen molar-refractivity contribution in [1.82, 2.24) is 0 Å². The lowest BCUT2D eigenvalue weighted by molar-refractivity contribution is -0.0426. The Bertz CT molecular complexity index is 207. The van der Waals surface area contributed by atoms with E-state index in [4.69, 9.17) is 13.6 Å². The molecule has 1 rings (SSSR count). The van der Waals surface area contributed by atoms with E-state index in [0.717, 1.165) is 38.7 Å². The van der Waals surface area contributed by atoms with E-state index < -0.39 is 8.56 Å². The molecule has 0 bridgehead atoms. The average molecular weight is 260 g/mol. The summed E-state index contributed by atoms with van der Waals surface area (Å²) in [4.78, 5) is 0. The molecule has 0 aromatic carbocycles. The van der Waals surface area contributed by atoms with Crippen molar-refractivity contribution in [3.05, 3.63) is 0 Å². The van der Waals surface area contributed by atoms with E-state index in [1.54, 1.807) is 0 Å². The molecule has 0 saturated carbocycles. The van der Waals surface area contributed by atoms with Gasteiger partial charge in [-0.2, -0.15) is 0 Å². The summed E-state index contributed by atoms with van der Waals surface area (Å²) in [7, 11) is -2.21. The molecular formula is C13H28O3Si. The Morgan fingerprint density at radius 3 is 2.06 bits per heavy atom. The third-order valence-corrected chi connectivity index (χ3v) is 8.44. The van der Waals surface area contributed by atoms with E-state index in [2.05, 4.69) is 27.7 Å². The van der Waals surface area contributed by atoms with E-state index in [1.807, 2.05) is 0 Å². The Hall–Kier alpha value is 0.0969. The van der Waals surface area contributed by atoms with E-state index in [0.29, 0.717) is 0 Å². The van der Waals surface area contributed by atoms with Crippen LogP contribution in [0, 0.1) is 0 Å². The molecule has 0 radical (unpaired) electrons. The first-order valence-electron chi connectivity index (χ1n) is 7.12. The molecule has 1 fully saturated rings. The predicted molar refractivity (Wildman–Crippen MR) is 72.3 cm³/mol. The van der Waals surface area contributed by atoms with Gasteiger partial charge in [0.05, 0.1) is 0 Å². The minimum Gasteiger partial charge on any atom is -0.393 e. The van der Waals surface area contributed by atoms with Crippen molar-refractivity contribution >= 4 is 8.56 Å². The number of hydrogen-bond acceptors (Lipinski definition) is 3. The predicted octanol–water partition coefficient (Wildman–Crippen LogP) is 3.41. The quantitative estimate of drug-likeness (QED) is 0.657. The second kappa shape index (κ2) is 6.88. The van der Waals surface area contributed by atoms with Gasteiger partial charge in [0.25, 0.3) is 0 Å². The van der Waals surface area contributed by atoms with E-state index >= 15 is 0 Å². The van der Waals surface area contributed by atoms with Gasteiger partial charge in [0, 0.05) is 19.8 Å². The lowest BCUT2D eigenvalue weighted by Gasteiger charge is -2.49. The molecule has 0 aromatic heterocycles. The van der Waals surface area contributed by atoms with Gasteiger partial charge < -0.3 is 13.6 Å². The molecule has 1 aliphatic rings. The first-order chi connectivity index (χ1) is 8.20. The van der Waals surface area contributed by atoms with Crippen molar-refractivity contribution in [2.75, 3.05) is 19.8 Å². The highest BCUT2D eigenvalue weighted by molar-refractivity contribution is 6.70. The molecule has 3 nitrogen and oxygen atoms in total. The van der Waals surface area contributed by atoms with Crippen molar-refractivity contribution in [3.8, 4) is 0 Å². The normalized spacial score (nSPS) is 28.2. The second-order valence-electron chi connectivity index (χ2n) is 4.61. The first-order valence-corrected chi connectivity index (χ1v) is 9.14. The monoisotopic (exact) mass is 260 g/mol. The number of rotatable bonds is 7. The summed E-state index contributed by atoms with van der Waals surface area (Å²) < 4.78 is 18.5. The highest BCUT2D eigenvalue weighted by Crippen LogP contribution is 2.42. The van der Waals surface area contributed by atoms with Crippen LogP contribution in [0.4, 0.5) is 0 Å². The molecule has 102 valence electrons. The Morgan fingerprint density at radius 1 is 0.941 bits per heavy atom. The van der Waals surface area contributed by atoms with Crippen LogP contribution < -0.4 is 0 Å². The van der Waals surface area contributed by atoms with Gasteiger partial charge >= 0.3 is 8.56 Å². The molecule has 1 heterocycles. The lowest BCUT2D eigenvalue weighted by atomic mass is 10.1. The highest BCUT2D eigenvalue weighted by Gasteiger charge is 2.58. The Balaban J connectivity index is 2.99. The van der Waals surface area contributed by atoms with Crippen molar-refractivity contribution in [1.29, 1.82) is 0 Å². The molecule has 0 aromatic rings. The Labute approximate surface area is 107 Å². The fraction of sp³-hybridized carbons (Fsp3) is 1.00. The molecule has 4 heteroatoms. The maximum absolute atomic E-state index is 6.16. The summed E-state index contributed by atoms with van der Waals surface area (Å²) in [5.41, 5.74) is 0. The van der Waals surface area contributed by atoms with Gasteiger partial charge in [-0.15, -0.1) is 0 Å². The molecule has 1 atom stereocenters. The second-order valence-corrected chi connectivity index (χ2v) is 8.10. The summed E-state index contributed by atoms with van der Waals surface area (Å²) in [6, 6.07) is 1.09. The SMILES string of the molecule is CCOC1(CC)CCCC[Si]1(OCC)OCC. The molecule has 0 N–H and O–H groups in total. The van der Waals surface area contributed by atoms with Gasteiger partial charge in [0.1, 0.15) is 5.22 Å². The van der Waals surface area contributed by atoms with Crippen LogP contribution >= 0.6 is 0 Å². The zero-order valence-electron chi connectivity index (χ0n) is 11.9. The molecule has 0 amide bonds. The zero-order valence-corrected chi connectivity index (χ0v) is 12.9. The summed E-state index contributed by atoms with van der Waals surface area (Å²) in [5.74, 6) is 0. The largest absolute Gasteiger partial charge is 0.393 e. The fourth-order valence-electron chi connectivity index (χ4n) is 3.11. The van der Waals surface area contributed by atoms with Gasteiger partial charge in [-0.1, -0.05) is 19.8 Å². The summed E-state index contributed by atoms with van der Waals surface area (Å²) in [6.07, 6.45) is 4.57. The van der Waals surface area contributed by atoms with E-state index in [9.17, 15) is 0 Å². The molecule has 1 saturated heterocycles. The number of ether oxygens (including phenoxy) is 1. The van der Waals surface area contributed by atoms with Crippen molar-refractivity contribution in [2.45, 2.75) is 64.6 Å². The molecule has 17 heavy (non-hydrogen) atoms. The molecule has 1 unspecified atom stereocenters. The van der Waals surface area contributed by atoms with E-state index in [1.165, 1.54) is 12.8 Å². The standard InChI is InChI=1S/C13H28O3Si/c1-5-13(14-6-2)11-9-10-12-17(13,15-7-3)16-8-4/h5-12H2,1-4H3. The third kappa shape index (κ3) is 2.92. The van der Waals surface area contributed by atoms with Crippen molar-refractivity contribution in [3.63, 3.8) is 0 Å². The van der Waals surface area contributed by atoms with Crippen LogP contribution in [0.3, 0.4) is 0 Å². The summed E-state index contributed by atoms with van der Waals surface area (Å²) in [6.45, 7) is 10.6. The number of hydrogen-bond donors (Lipinski definition) is 0. The topological polar surface area (TPSA) is 27.7 Å². The highest BCUT2D eigenvalue weighted by atomic mass is 28.4. The Morgan fingerprint density at radius 2 is 1.59 bits per heavy atom. The third-order valence-electron chi connectivity index (χ3n) is 3.78. The van der Waals surface area contributed by atoms with Crippen LogP contribution in [0.15, 0.2) is 0 Å². The van der Waals surface area contributed by atoms with Crippen LogP contribution in [0.5, 0.6) is 0 Å². The molecule has 0 spiro atoms. The zero-order chi connectivity index (χ0) is 12.8. The lowest BCUT2D eigenvalue weighted by Crippen LogP contribution is -2.65. The van der Waals surface area contributed by atoms with Crippen LogP contribution in [-0.2, 0) is 13.6 Å². The maximum Gasteiger partial charge on any atom is 0.371 e. The van der Waals surface area contributed by atoms with Crippen LogP contribution in [-0.4, -0.2) is 33.6 Å². The average Bonchev–Trinajstić information content (AvgIpc) is 2.33. The van der Waals surface area contributed by atoms with Crippen molar-refractivity contribution in [2.24, 2.45) is 0 Å². The van der Waals surface area contributed by atoms with Crippen molar-refractivity contribution < 1.29 is 13.6 Å². The molecule has 0 aliphatic carbocycles. The first kappa shape index (κ1) is 15.2. The molecule has 1 aliphatic heterocycles. The molecular weight excluding hydrogens is 232 g/mol. The minimum atomic E-state index is -2.21. The van der Waals surface area contributed by atoms with Gasteiger partial charge in [0.15, 0.2) is 0 Å². The van der Waals surface area contributed by atoms with Crippen LogP contribution in [0.25, 0.3) is 0 Å². The minimum absolute atomic E-state index is 0.119. The van der Waals surface area contributed by atoms with Gasteiger partial charge in [0.2, 0.25) is 0 Å². The maximum atomic E-state index is 6.16. The van der Waals surface area contributed by atoms with Gasteiger partial charge in [-0.3, -0.25) is 0 Å².